The van der Waals surface area contributed by atoms with Crippen LogP contribution in [0.1, 0.15) is 145 Å². The highest BCUT2D eigenvalue weighted by atomic mass is 16.5. The molecule has 4 aromatic rings. The number of allylic oxidation sites excluding steroid dienone is 4. The highest BCUT2D eigenvalue weighted by Gasteiger charge is 2.34. The van der Waals surface area contributed by atoms with E-state index in [0.717, 1.165) is 72.2 Å². The molecule has 77 heavy (non-hydrogen) atoms. The lowest BCUT2D eigenvalue weighted by molar-refractivity contribution is -0.145. The van der Waals surface area contributed by atoms with Gasteiger partial charge in [-0.2, -0.15) is 0 Å². The predicted octanol–water partition coefficient (Wildman–Crippen LogP) is 9.83. The number of benzene rings is 1. The molecular formula is C61H76N8O8. The minimum atomic E-state index is -1.06. The molecule has 0 saturated heterocycles. The average Bonchev–Trinajstić information content (AvgIpc) is 4.08. The van der Waals surface area contributed by atoms with Crippen molar-refractivity contribution in [1.29, 1.82) is 0 Å². The molecule has 3 aromatic heterocycles. The molecule has 6 rings (SSSR count). The number of carbonyl (C=O) groups excluding carboxylic acids is 5. The molecule has 0 aliphatic carbocycles. The van der Waals surface area contributed by atoms with E-state index in [1.807, 2.05) is 116 Å². The van der Waals surface area contributed by atoms with Crippen LogP contribution in [0.4, 0.5) is 0 Å². The third kappa shape index (κ3) is 14.3. The predicted molar refractivity (Wildman–Crippen MR) is 305 cm³/mol. The van der Waals surface area contributed by atoms with Gasteiger partial charge in [-0.1, -0.05) is 97.2 Å². The first-order valence-electron chi connectivity index (χ1n) is 26.5. The van der Waals surface area contributed by atoms with E-state index in [-0.39, 0.29) is 56.8 Å². The van der Waals surface area contributed by atoms with E-state index in [4.69, 9.17) is 14.7 Å². The zero-order valence-corrected chi connectivity index (χ0v) is 46.5. The van der Waals surface area contributed by atoms with Gasteiger partial charge in [0.05, 0.1) is 29.9 Å². The quantitative estimate of drug-likeness (QED) is 0.0347. The fourth-order valence-corrected chi connectivity index (χ4v) is 9.95. The monoisotopic (exact) mass is 1050 g/mol. The molecule has 0 saturated carbocycles. The number of hydrogen-bond donors (Lipinski definition) is 7. The van der Waals surface area contributed by atoms with E-state index in [2.05, 4.69) is 44.4 Å². The lowest BCUT2D eigenvalue weighted by atomic mass is 9.97. The molecule has 0 fully saturated rings. The number of H-pyrrole nitrogens is 2. The number of aromatic nitrogens is 4. The van der Waals surface area contributed by atoms with Crippen molar-refractivity contribution in [3.05, 3.63) is 118 Å². The zero-order chi connectivity index (χ0) is 56.4. The lowest BCUT2D eigenvalue weighted by Crippen LogP contribution is -2.59. The fourth-order valence-electron chi connectivity index (χ4n) is 9.95. The number of esters is 1. The smallest absolute Gasteiger partial charge is 0.328 e. The van der Waals surface area contributed by atoms with Crippen LogP contribution in [0.25, 0.3) is 56.5 Å². The molecule has 5 heterocycles. The highest BCUT2D eigenvalue weighted by Crippen LogP contribution is 2.38. The minimum Gasteiger partial charge on any atom is -0.481 e. The number of methoxy groups -OCH3 is 1. The molecule has 0 spiro atoms. The molecule has 4 unspecified atom stereocenters. The Morgan fingerprint density at radius 3 is 1.60 bits per heavy atom. The number of rotatable bonds is 23. The first-order valence-corrected chi connectivity index (χ1v) is 26.5. The SMILES string of the molecule is C=Cc1c(C)c2cc3[nH]c(cc4nc(cc5nc(cc1[nH]2)C(C)=C5CCC(=O)O)C(CCC(=O)NC(CC(C)C)C(=O)NC(CC(C)C)C(=O)NC(C(=O)NC(Cc1ccccc1)C(=O)OC)C(C)C)=C4C)c(C)c3C=C. The van der Waals surface area contributed by atoms with Gasteiger partial charge in [-0.05, 0) is 134 Å². The fraction of sp³-hybridized carbons (Fsp3) is 0.410. The zero-order valence-electron chi connectivity index (χ0n) is 46.5. The van der Waals surface area contributed by atoms with Gasteiger partial charge in [0.1, 0.15) is 24.2 Å². The normalized spacial score (nSPS) is 14.0. The molecule has 7 N–H and O–H groups in total. The molecule has 1 aromatic carbocycles. The first-order chi connectivity index (χ1) is 36.5. The van der Waals surface area contributed by atoms with Crippen molar-refractivity contribution in [3.63, 3.8) is 0 Å². The summed E-state index contributed by atoms with van der Waals surface area (Å²) in [6.07, 6.45) is 4.65. The standard InChI is InChI=1S/C61H76N8O8/c1-14-40-35(9)44-28-45-37(11)42(50(64-45)31-51-43(22-24-56(71)72)38(12)47(65-51)30-49-41(15-2)36(10)46(63-49)29-48(40)62-44)21-23-55(70)66-52(25-32(3)4)58(73)67-53(26-33(5)6)59(74)69-57(34(7)8)60(75)68-54(61(76)77-13)27-39-19-17-16-18-20-39/h14-20,28-34,52-54,57,62-63H,1-2,21-27H2,3-13H3,(H,66,70)(H,67,73)(H,68,75)(H,69,74)(H,71,72). The number of carbonyl (C=O) groups is 6. The van der Waals surface area contributed by atoms with E-state index >= 15 is 0 Å². The molecule has 16 heteroatoms. The Morgan fingerprint density at radius 2 is 1.09 bits per heavy atom. The third-order valence-corrected chi connectivity index (χ3v) is 14.3. The van der Waals surface area contributed by atoms with Gasteiger partial charge in [0, 0.05) is 52.5 Å². The summed E-state index contributed by atoms with van der Waals surface area (Å²) >= 11 is 0. The minimum absolute atomic E-state index is 0.0230. The topological polar surface area (TPSA) is 237 Å². The Hall–Kier alpha value is -7.88. The van der Waals surface area contributed by atoms with Crippen molar-refractivity contribution < 1.29 is 38.6 Å². The Labute approximate surface area is 451 Å². The summed E-state index contributed by atoms with van der Waals surface area (Å²) in [7, 11) is 1.25. The number of aromatic amines is 2. The van der Waals surface area contributed by atoms with Crippen LogP contribution in [0.2, 0.25) is 0 Å². The molecule has 8 bridgehead atoms. The van der Waals surface area contributed by atoms with E-state index < -0.39 is 65.7 Å². The van der Waals surface area contributed by atoms with Gasteiger partial charge in [-0.25, -0.2) is 14.8 Å². The Kier molecular flexibility index (Phi) is 19.5. The van der Waals surface area contributed by atoms with Gasteiger partial charge in [-0.3, -0.25) is 24.0 Å². The number of fused-ring (bicyclic) bond motifs is 8. The second-order valence-electron chi connectivity index (χ2n) is 21.3. The van der Waals surface area contributed by atoms with Crippen LogP contribution in [0.5, 0.6) is 0 Å². The van der Waals surface area contributed by atoms with Crippen LogP contribution in [0, 0.1) is 31.6 Å². The number of nitrogens with one attached hydrogen (secondary N) is 6. The second-order valence-corrected chi connectivity index (χ2v) is 21.3. The average molecular weight is 1050 g/mol. The number of amides is 4. The van der Waals surface area contributed by atoms with Gasteiger partial charge in [0.2, 0.25) is 23.6 Å². The second kappa shape index (κ2) is 25.8. The van der Waals surface area contributed by atoms with Crippen LogP contribution in [0.15, 0.2) is 67.8 Å². The van der Waals surface area contributed by atoms with E-state index in [9.17, 15) is 33.9 Å². The molecule has 16 nitrogen and oxygen atoms in total. The number of aryl methyl sites for hydroxylation is 2. The van der Waals surface area contributed by atoms with Gasteiger partial charge < -0.3 is 41.1 Å². The van der Waals surface area contributed by atoms with Crippen LogP contribution in [0.3, 0.4) is 0 Å². The Morgan fingerprint density at radius 1 is 0.610 bits per heavy atom. The molecule has 2 aliphatic rings. The van der Waals surface area contributed by atoms with Crippen molar-refractivity contribution in [2.75, 3.05) is 7.11 Å². The Balaban J connectivity index is 1.29. The van der Waals surface area contributed by atoms with Crippen LogP contribution >= 0.6 is 0 Å². The molecule has 4 atom stereocenters. The van der Waals surface area contributed by atoms with Crippen LogP contribution < -0.4 is 21.3 Å². The van der Waals surface area contributed by atoms with Gasteiger partial charge in [-0.15, -0.1) is 0 Å². The number of hydrogen-bond acceptors (Lipinski definition) is 9. The number of nitrogens with zero attached hydrogens (tertiary/aromatic N) is 2. The summed E-state index contributed by atoms with van der Waals surface area (Å²) in [6, 6.07) is 12.9. The number of aliphatic carboxylic acids is 1. The van der Waals surface area contributed by atoms with Crippen LogP contribution in [-0.4, -0.2) is 91.9 Å². The van der Waals surface area contributed by atoms with Crippen molar-refractivity contribution in [2.45, 2.75) is 138 Å². The van der Waals surface area contributed by atoms with E-state index in [0.29, 0.717) is 22.8 Å². The maximum Gasteiger partial charge on any atom is 0.328 e. The number of carboxylic acids is 1. The third-order valence-electron chi connectivity index (χ3n) is 14.3. The summed E-state index contributed by atoms with van der Waals surface area (Å²) in [5.74, 6) is -4.14. The molecule has 408 valence electrons. The van der Waals surface area contributed by atoms with Crippen LogP contribution in [-0.2, 0) is 39.9 Å². The highest BCUT2D eigenvalue weighted by molar-refractivity contribution is 5.99. The summed E-state index contributed by atoms with van der Waals surface area (Å²) < 4.78 is 5.01. The lowest BCUT2D eigenvalue weighted by Gasteiger charge is -2.28. The van der Waals surface area contributed by atoms with Crippen molar-refractivity contribution >= 4 is 92.1 Å². The maximum atomic E-state index is 14.3. The molecule has 2 aliphatic heterocycles. The molecular weight excluding hydrogens is 973 g/mol. The summed E-state index contributed by atoms with van der Waals surface area (Å²) in [5, 5.41) is 21.3. The van der Waals surface area contributed by atoms with Gasteiger partial charge in [0.25, 0.3) is 0 Å². The van der Waals surface area contributed by atoms with E-state index in [1.165, 1.54) is 7.11 Å². The van der Waals surface area contributed by atoms with E-state index in [1.54, 1.807) is 19.9 Å². The van der Waals surface area contributed by atoms with Gasteiger partial charge in [0.15, 0.2) is 0 Å². The summed E-state index contributed by atoms with van der Waals surface area (Å²) in [6.45, 7) is 27.4. The number of carboxylic acid groups (broad SMARTS) is 1. The first kappa shape index (κ1) is 58.4. The van der Waals surface area contributed by atoms with Crippen molar-refractivity contribution in [2.24, 2.45) is 17.8 Å². The Bertz CT molecular complexity index is 3180. The number of ether oxygens (including phenoxy) is 1. The van der Waals surface area contributed by atoms with Crippen molar-refractivity contribution in [3.8, 4) is 0 Å². The maximum absolute atomic E-state index is 14.3. The largest absolute Gasteiger partial charge is 0.481 e. The molecule has 0 radical (unpaired) electrons. The van der Waals surface area contributed by atoms with Crippen molar-refractivity contribution in [1.82, 2.24) is 41.2 Å². The summed E-state index contributed by atoms with van der Waals surface area (Å²) in [4.78, 5) is 98.7. The molecule has 4 amide bonds. The summed E-state index contributed by atoms with van der Waals surface area (Å²) in [5.41, 5.74) is 13.6. The van der Waals surface area contributed by atoms with Gasteiger partial charge >= 0.3 is 11.9 Å².